The van der Waals surface area contributed by atoms with Gasteiger partial charge in [0.15, 0.2) is 0 Å². The number of rotatable bonds is 2. The molecule has 3 aromatic rings. The Morgan fingerprint density at radius 2 is 1.92 bits per heavy atom. The zero-order valence-corrected chi connectivity index (χ0v) is 14.0. The third kappa shape index (κ3) is 3.00. The number of fused-ring (bicyclic) bond motifs is 1. The lowest BCUT2D eigenvalue weighted by molar-refractivity contribution is 0.102. The Labute approximate surface area is 146 Å². The number of aryl methyl sites for hydroxylation is 1. The molecule has 0 fully saturated rings. The minimum atomic E-state index is -0.633. The quantitative estimate of drug-likeness (QED) is 0.739. The maximum atomic E-state index is 13.4. The van der Waals surface area contributed by atoms with Gasteiger partial charge < -0.3 is 9.88 Å². The summed E-state index contributed by atoms with van der Waals surface area (Å²) < 4.78 is 15.0. The first-order valence-electron chi connectivity index (χ1n) is 6.92. The van der Waals surface area contributed by atoms with Crippen LogP contribution in [-0.4, -0.2) is 10.5 Å². The van der Waals surface area contributed by atoms with Crippen LogP contribution >= 0.6 is 23.2 Å². The summed E-state index contributed by atoms with van der Waals surface area (Å²) in [5, 5.41) is 3.37. The third-order valence-corrected chi connectivity index (χ3v) is 4.12. The molecule has 3 rings (SSSR count). The Bertz CT molecular complexity index is 1030. The molecule has 4 nitrogen and oxygen atoms in total. The van der Waals surface area contributed by atoms with Crippen molar-refractivity contribution < 1.29 is 9.18 Å². The van der Waals surface area contributed by atoms with Crippen molar-refractivity contribution in [1.29, 1.82) is 0 Å². The molecule has 0 unspecified atom stereocenters. The predicted molar refractivity (Wildman–Crippen MR) is 93.6 cm³/mol. The molecule has 7 heteroatoms. The van der Waals surface area contributed by atoms with Crippen LogP contribution in [0.4, 0.5) is 10.1 Å². The van der Waals surface area contributed by atoms with Gasteiger partial charge in [-0.25, -0.2) is 4.39 Å². The van der Waals surface area contributed by atoms with Crippen LogP contribution in [0.15, 0.2) is 47.4 Å². The number of hydrogen-bond donors (Lipinski definition) is 1. The second-order valence-corrected chi connectivity index (χ2v) is 6.07. The largest absolute Gasteiger partial charge is 0.350 e. The molecule has 1 heterocycles. The minimum absolute atomic E-state index is 0.110. The van der Waals surface area contributed by atoms with Crippen LogP contribution in [0, 0.1) is 5.82 Å². The summed E-state index contributed by atoms with van der Waals surface area (Å²) in [7, 11) is 1.67. The molecule has 0 aliphatic rings. The third-order valence-electron chi connectivity index (χ3n) is 3.57. The summed E-state index contributed by atoms with van der Waals surface area (Å²) in [4.78, 5) is 25.0. The molecule has 1 amide bonds. The monoisotopic (exact) mass is 364 g/mol. The van der Waals surface area contributed by atoms with Gasteiger partial charge in [0.2, 0.25) is 5.43 Å². The Balaban J connectivity index is 2.07. The first-order valence-corrected chi connectivity index (χ1v) is 7.67. The smallest absolute Gasteiger partial charge is 0.261 e. The molecule has 0 radical (unpaired) electrons. The summed E-state index contributed by atoms with van der Waals surface area (Å²) in [6.07, 6.45) is 1.40. The van der Waals surface area contributed by atoms with Gasteiger partial charge in [0.1, 0.15) is 11.4 Å². The number of aromatic nitrogens is 1. The maximum absolute atomic E-state index is 13.4. The van der Waals surface area contributed by atoms with Gasteiger partial charge in [-0.15, -0.1) is 0 Å². The first kappa shape index (κ1) is 16.5. The minimum Gasteiger partial charge on any atom is -0.350 e. The number of halogens is 3. The van der Waals surface area contributed by atoms with E-state index >= 15 is 0 Å². The summed E-state index contributed by atoms with van der Waals surface area (Å²) >= 11 is 11.8. The van der Waals surface area contributed by atoms with Crippen LogP contribution in [0.2, 0.25) is 10.0 Å². The van der Waals surface area contributed by atoms with Gasteiger partial charge in [-0.1, -0.05) is 23.2 Å². The van der Waals surface area contributed by atoms with Crippen LogP contribution in [-0.2, 0) is 7.05 Å². The number of pyridine rings is 1. The highest BCUT2D eigenvalue weighted by Crippen LogP contribution is 2.25. The van der Waals surface area contributed by atoms with Crippen LogP contribution in [0.25, 0.3) is 10.9 Å². The zero-order chi connectivity index (χ0) is 17.4. The highest BCUT2D eigenvalue weighted by atomic mass is 35.5. The van der Waals surface area contributed by atoms with E-state index in [2.05, 4.69) is 5.32 Å². The summed E-state index contributed by atoms with van der Waals surface area (Å²) in [5.41, 5.74) is 0.196. The summed E-state index contributed by atoms with van der Waals surface area (Å²) in [6.45, 7) is 0. The highest BCUT2D eigenvalue weighted by Gasteiger charge is 2.16. The van der Waals surface area contributed by atoms with Crippen molar-refractivity contribution in [3.05, 3.63) is 74.2 Å². The average Bonchev–Trinajstić information content (AvgIpc) is 2.53. The number of anilines is 1. The van der Waals surface area contributed by atoms with Crippen molar-refractivity contribution in [1.82, 2.24) is 4.57 Å². The molecule has 0 aliphatic heterocycles. The van der Waals surface area contributed by atoms with Gasteiger partial charge >= 0.3 is 0 Å². The summed E-state index contributed by atoms with van der Waals surface area (Å²) in [5.74, 6) is -1.18. The number of nitrogens with zero attached hydrogens (tertiary/aromatic N) is 1. The van der Waals surface area contributed by atoms with E-state index in [4.69, 9.17) is 23.2 Å². The number of carbonyl (C=O) groups excluding carboxylic acids is 1. The van der Waals surface area contributed by atoms with Crippen LogP contribution in [0.5, 0.6) is 0 Å². The maximum Gasteiger partial charge on any atom is 0.261 e. The van der Waals surface area contributed by atoms with Crippen molar-refractivity contribution in [3.63, 3.8) is 0 Å². The first-order chi connectivity index (χ1) is 11.4. The summed E-state index contributed by atoms with van der Waals surface area (Å²) in [6, 6.07) is 8.44. The predicted octanol–water partition coefficient (Wildman–Crippen LogP) is 4.24. The number of amides is 1. The van der Waals surface area contributed by atoms with Crippen molar-refractivity contribution in [2.45, 2.75) is 0 Å². The standard InChI is InChI=1S/C17H11Cl2FN2O2/c1-22-8-12(16(23)11-7-10(20)3-5-15(11)22)17(24)21-14-4-2-9(18)6-13(14)19/h2-8H,1H3,(H,21,24). The fourth-order valence-corrected chi connectivity index (χ4v) is 2.86. The van der Waals surface area contributed by atoms with Gasteiger partial charge in [-0.2, -0.15) is 0 Å². The lowest BCUT2D eigenvalue weighted by Gasteiger charge is -2.10. The van der Waals surface area contributed by atoms with E-state index < -0.39 is 17.2 Å². The molecule has 2 aromatic carbocycles. The lowest BCUT2D eigenvalue weighted by Crippen LogP contribution is -2.23. The van der Waals surface area contributed by atoms with Crippen molar-refractivity contribution in [3.8, 4) is 0 Å². The van der Waals surface area contributed by atoms with Gasteiger partial charge in [-0.05, 0) is 36.4 Å². The van der Waals surface area contributed by atoms with Gasteiger partial charge in [0.05, 0.1) is 16.2 Å². The number of benzene rings is 2. The van der Waals surface area contributed by atoms with E-state index in [1.165, 1.54) is 30.5 Å². The fourth-order valence-electron chi connectivity index (χ4n) is 2.41. The Kier molecular flexibility index (Phi) is 4.30. The van der Waals surface area contributed by atoms with E-state index in [1.54, 1.807) is 17.7 Å². The molecule has 0 aliphatic carbocycles. The van der Waals surface area contributed by atoms with E-state index in [-0.39, 0.29) is 16.0 Å². The fraction of sp³-hybridized carbons (Fsp3) is 0.0588. The SMILES string of the molecule is Cn1cc(C(=O)Nc2ccc(Cl)cc2Cl)c(=O)c2cc(F)ccc21. The molecule has 24 heavy (non-hydrogen) atoms. The van der Waals surface area contributed by atoms with Crippen LogP contribution in [0.3, 0.4) is 0 Å². The Morgan fingerprint density at radius 1 is 1.17 bits per heavy atom. The molecule has 0 saturated heterocycles. The molecule has 0 bridgehead atoms. The van der Waals surface area contributed by atoms with Crippen molar-refractivity contribution >= 4 is 45.7 Å². The second-order valence-electron chi connectivity index (χ2n) is 5.22. The zero-order valence-electron chi connectivity index (χ0n) is 12.4. The van der Waals surface area contributed by atoms with E-state index in [9.17, 15) is 14.0 Å². The normalized spacial score (nSPS) is 10.8. The van der Waals surface area contributed by atoms with Crippen molar-refractivity contribution in [2.24, 2.45) is 7.05 Å². The molecular formula is C17H11Cl2FN2O2. The Morgan fingerprint density at radius 3 is 2.62 bits per heavy atom. The van der Waals surface area contributed by atoms with Crippen LogP contribution < -0.4 is 10.7 Å². The average molecular weight is 365 g/mol. The number of carbonyl (C=O) groups is 1. The van der Waals surface area contributed by atoms with Gasteiger partial charge in [0, 0.05) is 23.7 Å². The highest BCUT2D eigenvalue weighted by molar-refractivity contribution is 6.36. The lowest BCUT2D eigenvalue weighted by atomic mass is 10.1. The molecule has 1 N–H and O–H groups in total. The second kappa shape index (κ2) is 6.26. The van der Waals surface area contributed by atoms with E-state index in [0.29, 0.717) is 16.2 Å². The topological polar surface area (TPSA) is 51.1 Å². The number of nitrogens with one attached hydrogen (secondary N) is 1. The van der Waals surface area contributed by atoms with E-state index in [1.807, 2.05) is 0 Å². The molecule has 122 valence electrons. The van der Waals surface area contributed by atoms with Gasteiger partial charge in [0.25, 0.3) is 5.91 Å². The number of hydrogen-bond acceptors (Lipinski definition) is 2. The molecule has 0 spiro atoms. The van der Waals surface area contributed by atoms with Crippen LogP contribution in [0.1, 0.15) is 10.4 Å². The molecule has 1 aromatic heterocycles. The van der Waals surface area contributed by atoms with Gasteiger partial charge in [-0.3, -0.25) is 9.59 Å². The molecule has 0 saturated carbocycles. The Hall–Kier alpha value is -2.37. The molecule has 0 atom stereocenters. The molecular weight excluding hydrogens is 354 g/mol. The van der Waals surface area contributed by atoms with Crippen molar-refractivity contribution in [2.75, 3.05) is 5.32 Å². The van der Waals surface area contributed by atoms with E-state index in [0.717, 1.165) is 6.07 Å².